The molecule has 0 aromatic rings. The summed E-state index contributed by atoms with van der Waals surface area (Å²) in [5.74, 6) is 0. The highest BCUT2D eigenvalue weighted by molar-refractivity contribution is 4.76. The van der Waals surface area contributed by atoms with Crippen molar-refractivity contribution < 1.29 is 4.74 Å². The van der Waals surface area contributed by atoms with Crippen molar-refractivity contribution in [2.24, 2.45) is 0 Å². The first-order valence-electron chi connectivity index (χ1n) is 6.90. The smallest absolute Gasteiger partial charge is 0.0645 e. The molecule has 0 amide bonds. The van der Waals surface area contributed by atoms with Gasteiger partial charge < -0.3 is 15.0 Å². The van der Waals surface area contributed by atoms with E-state index >= 15 is 0 Å². The first-order valence-corrected chi connectivity index (χ1v) is 6.90. The molecular formula is C14H28N2O. The van der Waals surface area contributed by atoms with Crippen LogP contribution in [0, 0.1) is 0 Å². The van der Waals surface area contributed by atoms with Crippen LogP contribution in [0.1, 0.15) is 33.1 Å². The third-order valence-electron chi connectivity index (χ3n) is 3.41. The molecule has 0 spiro atoms. The third kappa shape index (κ3) is 6.20. The van der Waals surface area contributed by atoms with Crippen molar-refractivity contribution >= 4 is 0 Å². The van der Waals surface area contributed by atoms with Gasteiger partial charge in [0.15, 0.2) is 0 Å². The van der Waals surface area contributed by atoms with Crippen molar-refractivity contribution in [3.8, 4) is 0 Å². The molecule has 100 valence electrons. The molecule has 1 saturated heterocycles. The van der Waals surface area contributed by atoms with Gasteiger partial charge in [0.05, 0.1) is 13.2 Å². The Morgan fingerprint density at radius 3 is 2.94 bits per heavy atom. The fraction of sp³-hybridized carbons (Fsp3) is 0.857. The monoisotopic (exact) mass is 240 g/mol. The Hall–Kier alpha value is -0.380. The molecule has 3 nitrogen and oxygen atoms in total. The van der Waals surface area contributed by atoms with Gasteiger partial charge in [0.2, 0.25) is 0 Å². The van der Waals surface area contributed by atoms with Crippen molar-refractivity contribution in [3.05, 3.63) is 12.7 Å². The summed E-state index contributed by atoms with van der Waals surface area (Å²) >= 11 is 0. The SMILES string of the molecule is C=CCOCCNC1CCCN(C(C)C)CC1. The minimum atomic E-state index is 0.660. The van der Waals surface area contributed by atoms with Gasteiger partial charge in [-0.2, -0.15) is 0 Å². The van der Waals surface area contributed by atoms with E-state index in [-0.39, 0.29) is 0 Å². The van der Waals surface area contributed by atoms with Crippen molar-refractivity contribution in [1.29, 1.82) is 0 Å². The fourth-order valence-corrected chi connectivity index (χ4v) is 2.34. The van der Waals surface area contributed by atoms with Gasteiger partial charge in [0.25, 0.3) is 0 Å². The Kier molecular flexibility index (Phi) is 7.49. The second-order valence-corrected chi connectivity index (χ2v) is 5.08. The van der Waals surface area contributed by atoms with E-state index in [1.165, 1.54) is 32.4 Å². The minimum absolute atomic E-state index is 0.660. The zero-order valence-corrected chi connectivity index (χ0v) is 11.5. The van der Waals surface area contributed by atoms with Gasteiger partial charge in [-0.15, -0.1) is 6.58 Å². The van der Waals surface area contributed by atoms with E-state index in [0.29, 0.717) is 18.7 Å². The maximum absolute atomic E-state index is 5.37. The average Bonchev–Trinajstić information content (AvgIpc) is 2.54. The van der Waals surface area contributed by atoms with Crippen LogP contribution in [0.4, 0.5) is 0 Å². The third-order valence-corrected chi connectivity index (χ3v) is 3.41. The number of hydrogen-bond acceptors (Lipinski definition) is 3. The molecule has 17 heavy (non-hydrogen) atoms. The van der Waals surface area contributed by atoms with Crippen molar-refractivity contribution in [1.82, 2.24) is 10.2 Å². The number of rotatable bonds is 7. The Labute approximate surface area is 106 Å². The van der Waals surface area contributed by atoms with Crippen LogP contribution in [0.2, 0.25) is 0 Å². The van der Waals surface area contributed by atoms with Crippen LogP contribution >= 0.6 is 0 Å². The van der Waals surface area contributed by atoms with Gasteiger partial charge >= 0.3 is 0 Å². The van der Waals surface area contributed by atoms with Crippen LogP contribution in [0.25, 0.3) is 0 Å². The summed E-state index contributed by atoms with van der Waals surface area (Å²) in [6.45, 7) is 13.1. The van der Waals surface area contributed by atoms with Crippen molar-refractivity contribution in [2.45, 2.75) is 45.2 Å². The largest absolute Gasteiger partial charge is 0.376 e. The molecular weight excluding hydrogens is 212 g/mol. The molecule has 3 heteroatoms. The lowest BCUT2D eigenvalue weighted by Crippen LogP contribution is -2.35. The van der Waals surface area contributed by atoms with Crippen LogP contribution < -0.4 is 5.32 Å². The molecule has 0 aromatic carbocycles. The van der Waals surface area contributed by atoms with Crippen molar-refractivity contribution in [3.63, 3.8) is 0 Å². The van der Waals surface area contributed by atoms with Crippen molar-refractivity contribution in [2.75, 3.05) is 32.8 Å². The van der Waals surface area contributed by atoms with Crippen LogP contribution in [0.3, 0.4) is 0 Å². The first-order chi connectivity index (χ1) is 8.24. The normalized spacial score (nSPS) is 22.6. The van der Waals surface area contributed by atoms with Gasteiger partial charge in [-0.05, 0) is 46.2 Å². The molecule has 1 atom stereocenters. The molecule has 1 rings (SSSR count). The molecule has 1 aliphatic heterocycles. The van der Waals surface area contributed by atoms with Crippen LogP contribution in [0.15, 0.2) is 12.7 Å². The summed E-state index contributed by atoms with van der Waals surface area (Å²) < 4.78 is 5.37. The van der Waals surface area contributed by atoms with E-state index in [9.17, 15) is 0 Å². The van der Waals surface area contributed by atoms with Gasteiger partial charge in [-0.3, -0.25) is 0 Å². The second kappa shape index (κ2) is 8.67. The zero-order chi connectivity index (χ0) is 12.5. The number of likely N-dealkylation sites (tertiary alicyclic amines) is 1. The molecule has 0 saturated carbocycles. The Morgan fingerprint density at radius 1 is 1.41 bits per heavy atom. The van der Waals surface area contributed by atoms with E-state index in [4.69, 9.17) is 4.74 Å². The lowest BCUT2D eigenvalue weighted by atomic mass is 10.1. The number of nitrogens with one attached hydrogen (secondary N) is 1. The first kappa shape index (κ1) is 14.7. The van der Waals surface area contributed by atoms with Crippen LogP contribution in [-0.4, -0.2) is 49.8 Å². The molecule has 0 aromatic heterocycles. The number of hydrogen-bond donors (Lipinski definition) is 1. The van der Waals surface area contributed by atoms with E-state index in [2.05, 4.69) is 30.6 Å². The topological polar surface area (TPSA) is 24.5 Å². The number of nitrogens with zero attached hydrogens (tertiary/aromatic N) is 1. The predicted molar refractivity (Wildman–Crippen MR) is 73.4 cm³/mol. The lowest BCUT2D eigenvalue weighted by molar-refractivity contribution is 0.160. The Morgan fingerprint density at radius 2 is 2.24 bits per heavy atom. The molecule has 1 fully saturated rings. The molecule has 1 aliphatic rings. The van der Waals surface area contributed by atoms with E-state index in [1.54, 1.807) is 6.08 Å². The lowest BCUT2D eigenvalue weighted by Gasteiger charge is -2.24. The van der Waals surface area contributed by atoms with Crippen LogP contribution in [0.5, 0.6) is 0 Å². The zero-order valence-electron chi connectivity index (χ0n) is 11.5. The molecule has 0 aliphatic carbocycles. The maximum atomic E-state index is 5.37. The molecule has 0 radical (unpaired) electrons. The van der Waals surface area contributed by atoms with Crippen LogP contribution in [-0.2, 0) is 4.74 Å². The second-order valence-electron chi connectivity index (χ2n) is 5.08. The molecule has 0 bridgehead atoms. The maximum Gasteiger partial charge on any atom is 0.0645 e. The highest BCUT2D eigenvalue weighted by atomic mass is 16.5. The highest BCUT2D eigenvalue weighted by Gasteiger charge is 2.17. The van der Waals surface area contributed by atoms with E-state index < -0.39 is 0 Å². The summed E-state index contributed by atoms with van der Waals surface area (Å²) in [6.07, 6.45) is 5.67. The summed E-state index contributed by atoms with van der Waals surface area (Å²) in [5, 5.41) is 3.59. The Bertz CT molecular complexity index is 206. The minimum Gasteiger partial charge on any atom is -0.376 e. The molecule has 1 unspecified atom stereocenters. The quantitative estimate of drug-likeness (QED) is 0.544. The number of ether oxygens (including phenoxy) is 1. The summed E-state index contributed by atoms with van der Waals surface area (Å²) in [6, 6.07) is 1.36. The molecule has 1 heterocycles. The average molecular weight is 240 g/mol. The van der Waals surface area contributed by atoms with E-state index in [0.717, 1.165) is 13.2 Å². The summed E-state index contributed by atoms with van der Waals surface area (Å²) in [7, 11) is 0. The highest BCUT2D eigenvalue weighted by Crippen LogP contribution is 2.13. The fourth-order valence-electron chi connectivity index (χ4n) is 2.34. The predicted octanol–water partition coefficient (Wildman–Crippen LogP) is 2.04. The molecule has 1 N–H and O–H groups in total. The van der Waals surface area contributed by atoms with Gasteiger partial charge in [0.1, 0.15) is 0 Å². The van der Waals surface area contributed by atoms with E-state index in [1.807, 2.05) is 0 Å². The Balaban J connectivity index is 2.11. The summed E-state index contributed by atoms with van der Waals surface area (Å²) in [5.41, 5.74) is 0. The standard InChI is InChI=1S/C14H28N2O/c1-4-11-17-12-8-15-14-6-5-9-16(10-7-14)13(2)3/h4,13-15H,1,5-12H2,2-3H3. The van der Waals surface area contributed by atoms with Gasteiger partial charge in [-0.1, -0.05) is 6.08 Å². The van der Waals surface area contributed by atoms with Gasteiger partial charge in [0, 0.05) is 18.6 Å². The summed E-state index contributed by atoms with van der Waals surface area (Å²) in [4.78, 5) is 2.58. The van der Waals surface area contributed by atoms with Gasteiger partial charge in [-0.25, -0.2) is 0 Å².